The zero-order valence-electron chi connectivity index (χ0n) is 11.8. The SMILES string of the molecule is Cc1noc(C2CCCN(C(=O)[C@@H](N)C(C)C)C2)n1. The van der Waals surface area contributed by atoms with Crippen molar-refractivity contribution in [1.82, 2.24) is 15.0 Å². The Balaban J connectivity index is 2.03. The second-order valence-corrected chi connectivity index (χ2v) is 5.57. The van der Waals surface area contributed by atoms with Crippen LogP contribution in [0.25, 0.3) is 0 Å². The number of rotatable bonds is 3. The summed E-state index contributed by atoms with van der Waals surface area (Å²) in [5.74, 6) is 1.58. The van der Waals surface area contributed by atoms with Gasteiger partial charge in [0.25, 0.3) is 0 Å². The van der Waals surface area contributed by atoms with Crippen LogP contribution >= 0.6 is 0 Å². The summed E-state index contributed by atoms with van der Waals surface area (Å²) < 4.78 is 5.21. The van der Waals surface area contributed by atoms with Crippen LogP contribution < -0.4 is 5.73 Å². The highest BCUT2D eigenvalue weighted by Gasteiger charge is 2.31. The van der Waals surface area contributed by atoms with Crippen molar-refractivity contribution in [2.45, 2.75) is 45.6 Å². The first-order chi connectivity index (χ1) is 8.99. The third kappa shape index (κ3) is 3.12. The van der Waals surface area contributed by atoms with Gasteiger partial charge in [0, 0.05) is 13.1 Å². The van der Waals surface area contributed by atoms with Gasteiger partial charge in [-0.1, -0.05) is 19.0 Å². The van der Waals surface area contributed by atoms with Crippen LogP contribution in [0.1, 0.15) is 44.3 Å². The number of nitrogens with two attached hydrogens (primary N) is 1. The molecule has 0 bridgehead atoms. The third-order valence-electron chi connectivity index (χ3n) is 3.63. The predicted molar refractivity (Wildman–Crippen MR) is 70.4 cm³/mol. The monoisotopic (exact) mass is 266 g/mol. The largest absolute Gasteiger partial charge is 0.341 e. The molecule has 106 valence electrons. The smallest absolute Gasteiger partial charge is 0.239 e. The van der Waals surface area contributed by atoms with E-state index in [0.29, 0.717) is 18.3 Å². The van der Waals surface area contributed by atoms with Crippen molar-refractivity contribution in [1.29, 1.82) is 0 Å². The van der Waals surface area contributed by atoms with E-state index in [1.165, 1.54) is 0 Å². The predicted octanol–water partition coefficient (Wildman–Crippen LogP) is 1.07. The summed E-state index contributed by atoms with van der Waals surface area (Å²) in [7, 11) is 0. The molecule has 2 rings (SSSR count). The number of hydrogen-bond donors (Lipinski definition) is 1. The second kappa shape index (κ2) is 5.69. The summed E-state index contributed by atoms with van der Waals surface area (Å²) in [6, 6.07) is -0.428. The molecule has 19 heavy (non-hydrogen) atoms. The minimum atomic E-state index is -0.428. The van der Waals surface area contributed by atoms with Crippen molar-refractivity contribution in [3.8, 4) is 0 Å². The van der Waals surface area contributed by atoms with E-state index >= 15 is 0 Å². The molecule has 6 nitrogen and oxygen atoms in total. The molecule has 1 aromatic heterocycles. The molecule has 1 fully saturated rings. The molecule has 0 aliphatic carbocycles. The number of aryl methyl sites for hydroxylation is 1. The highest BCUT2D eigenvalue weighted by molar-refractivity contribution is 5.82. The zero-order chi connectivity index (χ0) is 14.0. The molecule has 1 amide bonds. The third-order valence-corrected chi connectivity index (χ3v) is 3.63. The standard InChI is InChI=1S/C13H22N4O2/c1-8(2)11(14)13(18)17-6-4-5-10(7-17)12-15-9(3)16-19-12/h8,10-11H,4-7,14H2,1-3H3/t10?,11-/m0/s1. The topological polar surface area (TPSA) is 85.2 Å². The number of nitrogens with zero attached hydrogens (tertiary/aromatic N) is 3. The number of amides is 1. The Morgan fingerprint density at radius 2 is 2.26 bits per heavy atom. The Bertz CT molecular complexity index is 444. The Labute approximate surface area is 113 Å². The number of piperidine rings is 1. The Morgan fingerprint density at radius 3 is 2.84 bits per heavy atom. The van der Waals surface area contributed by atoms with E-state index in [4.69, 9.17) is 10.3 Å². The minimum Gasteiger partial charge on any atom is -0.341 e. The molecular weight excluding hydrogens is 244 g/mol. The number of carbonyl (C=O) groups is 1. The summed E-state index contributed by atoms with van der Waals surface area (Å²) in [6.45, 7) is 7.12. The normalized spacial score (nSPS) is 21.7. The van der Waals surface area contributed by atoms with Gasteiger partial charge in [0.2, 0.25) is 11.8 Å². The summed E-state index contributed by atoms with van der Waals surface area (Å²) in [6.07, 6.45) is 1.92. The van der Waals surface area contributed by atoms with Crippen LogP contribution in [-0.2, 0) is 4.79 Å². The van der Waals surface area contributed by atoms with Gasteiger partial charge in [-0.2, -0.15) is 4.98 Å². The van der Waals surface area contributed by atoms with Gasteiger partial charge in [0.1, 0.15) is 0 Å². The van der Waals surface area contributed by atoms with Crippen LogP contribution in [0.4, 0.5) is 0 Å². The van der Waals surface area contributed by atoms with Crippen LogP contribution in [-0.4, -0.2) is 40.1 Å². The van der Waals surface area contributed by atoms with Gasteiger partial charge in [-0.15, -0.1) is 0 Å². The van der Waals surface area contributed by atoms with E-state index in [1.807, 2.05) is 18.7 Å². The summed E-state index contributed by atoms with van der Waals surface area (Å²) in [5, 5.41) is 3.81. The number of hydrogen-bond acceptors (Lipinski definition) is 5. The molecule has 2 heterocycles. The lowest BCUT2D eigenvalue weighted by Gasteiger charge is -2.33. The number of likely N-dealkylation sites (tertiary alicyclic amines) is 1. The quantitative estimate of drug-likeness (QED) is 0.884. The molecule has 1 aliphatic heterocycles. The minimum absolute atomic E-state index is 0.0240. The molecule has 0 saturated carbocycles. The molecule has 0 radical (unpaired) electrons. The molecule has 0 spiro atoms. The van der Waals surface area contributed by atoms with Gasteiger partial charge in [-0.3, -0.25) is 4.79 Å². The van der Waals surface area contributed by atoms with Crippen LogP contribution in [0.5, 0.6) is 0 Å². The van der Waals surface area contributed by atoms with E-state index in [0.717, 1.165) is 19.4 Å². The van der Waals surface area contributed by atoms with Crippen LogP contribution in [0.2, 0.25) is 0 Å². The molecule has 0 aromatic carbocycles. The molecule has 2 N–H and O–H groups in total. The first-order valence-corrected chi connectivity index (χ1v) is 6.83. The fourth-order valence-electron chi connectivity index (χ4n) is 2.35. The van der Waals surface area contributed by atoms with Crippen molar-refractivity contribution in [3.05, 3.63) is 11.7 Å². The molecule has 2 atom stereocenters. The van der Waals surface area contributed by atoms with E-state index in [9.17, 15) is 4.79 Å². The highest BCUT2D eigenvalue weighted by Crippen LogP contribution is 2.26. The fraction of sp³-hybridized carbons (Fsp3) is 0.769. The maximum atomic E-state index is 12.3. The van der Waals surface area contributed by atoms with Gasteiger partial charge in [0.05, 0.1) is 12.0 Å². The summed E-state index contributed by atoms with van der Waals surface area (Å²) in [5.41, 5.74) is 5.94. The Kier molecular flexibility index (Phi) is 4.19. The van der Waals surface area contributed by atoms with Crippen LogP contribution in [0.3, 0.4) is 0 Å². The molecule has 6 heteroatoms. The number of carbonyl (C=O) groups excluding carboxylic acids is 1. The van der Waals surface area contributed by atoms with Crippen LogP contribution in [0, 0.1) is 12.8 Å². The second-order valence-electron chi connectivity index (χ2n) is 5.57. The first-order valence-electron chi connectivity index (χ1n) is 6.83. The molecule has 1 aliphatic rings. The van der Waals surface area contributed by atoms with Crippen molar-refractivity contribution < 1.29 is 9.32 Å². The molecular formula is C13H22N4O2. The molecule has 1 aromatic rings. The van der Waals surface area contributed by atoms with Crippen molar-refractivity contribution in [2.75, 3.05) is 13.1 Å². The fourth-order valence-corrected chi connectivity index (χ4v) is 2.35. The summed E-state index contributed by atoms with van der Waals surface area (Å²) in [4.78, 5) is 18.3. The first kappa shape index (κ1) is 14.0. The van der Waals surface area contributed by atoms with E-state index in [1.54, 1.807) is 6.92 Å². The lowest BCUT2D eigenvalue weighted by Crippen LogP contribution is -2.49. The lowest BCUT2D eigenvalue weighted by molar-refractivity contribution is -0.134. The Hall–Kier alpha value is -1.43. The van der Waals surface area contributed by atoms with E-state index < -0.39 is 6.04 Å². The van der Waals surface area contributed by atoms with E-state index in [2.05, 4.69) is 10.1 Å². The van der Waals surface area contributed by atoms with Gasteiger partial charge >= 0.3 is 0 Å². The van der Waals surface area contributed by atoms with Crippen molar-refractivity contribution >= 4 is 5.91 Å². The van der Waals surface area contributed by atoms with Crippen LogP contribution in [0.15, 0.2) is 4.52 Å². The Morgan fingerprint density at radius 1 is 1.53 bits per heavy atom. The molecule has 1 unspecified atom stereocenters. The lowest BCUT2D eigenvalue weighted by atomic mass is 9.96. The highest BCUT2D eigenvalue weighted by atomic mass is 16.5. The number of aromatic nitrogens is 2. The van der Waals surface area contributed by atoms with Gasteiger partial charge in [-0.25, -0.2) is 0 Å². The average molecular weight is 266 g/mol. The van der Waals surface area contributed by atoms with Gasteiger partial charge in [0.15, 0.2) is 5.82 Å². The molecule has 1 saturated heterocycles. The maximum Gasteiger partial charge on any atom is 0.239 e. The average Bonchev–Trinajstić information content (AvgIpc) is 2.84. The van der Waals surface area contributed by atoms with Gasteiger partial charge < -0.3 is 15.2 Å². The van der Waals surface area contributed by atoms with Crippen molar-refractivity contribution in [3.63, 3.8) is 0 Å². The zero-order valence-corrected chi connectivity index (χ0v) is 11.8. The van der Waals surface area contributed by atoms with E-state index in [-0.39, 0.29) is 17.7 Å². The summed E-state index contributed by atoms with van der Waals surface area (Å²) >= 11 is 0. The van der Waals surface area contributed by atoms with Crippen molar-refractivity contribution in [2.24, 2.45) is 11.7 Å². The van der Waals surface area contributed by atoms with Gasteiger partial charge in [-0.05, 0) is 25.7 Å². The maximum absolute atomic E-state index is 12.3.